The molecule has 0 atom stereocenters. The van der Waals surface area contributed by atoms with Crippen molar-refractivity contribution in [1.29, 1.82) is 0 Å². The number of hydrogen-bond acceptors (Lipinski definition) is 4. The van der Waals surface area contributed by atoms with Crippen LogP contribution in [0.15, 0.2) is 30.7 Å². The van der Waals surface area contributed by atoms with Crippen LogP contribution in [0.3, 0.4) is 0 Å². The molecule has 0 aliphatic carbocycles. The summed E-state index contributed by atoms with van der Waals surface area (Å²) in [6.07, 6.45) is 6.06. The fourth-order valence-electron chi connectivity index (χ4n) is 1.66. The van der Waals surface area contributed by atoms with Crippen LogP contribution in [0.25, 0.3) is 5.65 Å². The first kappa shape index (κ1) is 11.0. The van der Waals surface area contributed by atoms with Crippen LogP contribution in [0.4, 0.5) is 5.95 Å². The number of halogens is 1. The van der Waals surface area contributed by atoms with Crippen molar-refractivity contribution in [2.24, 2.45) is 0 Å². The molecule has 0 radical (unpaired) electrons. The van der Waals surface area contributed by atoms with Gasteiger partial charge in [-0.1, -0.05) is 11.6 Å². The van der Waals surface area contributed by atoms with Crippen LogP contribution in [0.2, 0.25) is 5.02 Å². The van der Waals surface area contributed by atoms with E-state index in [1.165, 1.54) is 0 Å². The second-order valence-electron chi connectivity index (χ2n) is 3.80. The number of nitrogens with zero attached hydrogens (tertiary/aromatic N) is 4. The third kappa shape index (κ3) is 2.28. The topological polar surface area (TPSA) is 70.9 Å². The Balaban J connectivity index is 1.67. The van der Waals surface area contributed by atoms with Crippen LogP contribution >= 0.6 is 11.6 Å². The zero-order valence-electron chi connectivity index (χ0n) is 9.47. The maximum atomic E-state index is 5.88. The minimum absolute atomic E-state index is 0.587. The Morgan fingerprint density at radius 2 is 2.33 bits per heavy atom. The Hall–Kier alpha value is -2.08. The van der Waals surface area contributed by atoms with Crippen molar-refractivity contribution in [3.05, 3.63) is 41.6 Å². The number of aromatic nitrogens is 5. The molecule has 3 aromatic heterocycles. The number of hydrogen-bond donors (Lipinski definition) is 2. The normalized spacial score (nSPS) is 10.9. The van der Waals surface area contributed by atoms with Crippen LogP contribution in [-0.4, -0.2) is 31.1 Å². The summed E-state index contributed by atoms with van der Waals surface area (Å²) >= 11 is 5.88. The zero-order chi connectivity index (χ0) is 12.4. The third-order valence-corrected chi connectivity index (χ3v) is 2.72. The van der Waals surface area contributed by atoms with Gasteiger partial charge in [0.15, 0.2) is 5.65 Å². The molecule has 0 fully saturated rings. The first-order chi connectivity index (χ1) is 8.81. The van der Waals surface area contributed by atoms with E-state index in [4.69, 9.17) is 11.6 Å². The largest absolute Gasteiger partial charge is 0.352 e. The summed E-state index contributed by atoms with van der Waals surface area (Å²) in [5.41, 5.74) is 0.764. The van der Waals surface area contributed by atoms with E-state index >= 15 is 0 Å². The van der Waals surface area contributed by atoms with E-state index in [0.717, 1.165) is 24.4 Å². The zero-order valence-corrected chi connectivity index (χ0v) is 10.2. The van der Waals surface area contributed by atoms with Gasteiger partial charge in [0.05, 0.1) is 5.02 Å². The number of H-pyrrole nitrogens is 1. The van der Waals surface area contributed by atoms with Crippen molar-refractivity contribution >= 4 is 23.2 Å². The highest BCUT2D eigenvalue weighted by molar-refractivity contribution is 6.30. The summed E-state index contributed by atoms with van der Waals surface area (Å²) in [5, 5.41) is 8.05. The Labute approximate surface area is 108 Å². The molecule has 0 spiro atoms. The van der Waals surface area contributed by atoms with Crippen LogP contribution in [0.5, 0.6) is 0 Å². The number of fused-ring (bicyclic) bond motifs is 1. The molecule has 0 unspecified atom stereocenters. The Kier molecular flexibility index (Phi) is 2.85. The number of nitrogens with one attached hydrogen (secondary N) is 2. The molecule has 3 rings (SSSR count). The Morgan fingerprint density at radius 3 is 3.17 bits per heavy atom. The monoisotopic (exact) mass is 262 g/mol. The van der Waals surface area contributed by atoms with Gasteiger partial charge in [-0.2, -0.15) is 4.98 Å². The van der Waals surface area contributed by atoms with Gasteiger partial charge in [-0.3, -0.25) is 0 Å². The molecule has 0 aromatic carbocycles. The van der Waals surface area contributed by atoms with E-state index in [9.17, 15) is 0 Å². The molecule has 3 heterocycles. The maximum Gasteiger partial charge on any atom is 0.243 e. The van der Waals surface area contributed by atoms with Gasteiger partial charge in [-0.05, 0) is 12.1 Å². The summed E-state index contributed by atoms with van der Waals surface area (Å²) in [6.45, 7) is 0.720. The van der Waals surface area contributed by atoms with E-state index < -0.39 is 0 Å². The molecular formula is C11H11ClN6. The van der Waals surface area contributed by atoms with Crippen LogP contribution in [0.1, 0.15) is 5.82 Å². The van der Waals surface area contributed by atoms with Gasteiger partial charge in [0.1, 0.15) is 5.82 Å². The highest BCUT2D eigenvalue weighted by Gasteiger charge is 2.03. The number of aromatic amines is 1. The molecular weight excluding hydrogens is 252 g/mol. The SMILES string of the molecule is Clc1ccc2nc(NCCc3ncc[nH]3)nn2c1. The average Bonchev–Trinajstić information content (AvgIpc) is 2.97. The first-order valence-electron chi connectivity index (χ1n) is 5.55. The number of anilines is 1. The highest BCUT2D eigenvalue weighted by Crippen LogP contribution is 2.11. The lowest BCUT2D eigenvalue weighted by atomic mass is 10.4. The predicted octanol–water partition coefficient (Wildman–Crippen LogP) is 1.76. The van der Waals surface area contributed by atoms with Crippen molar-refractivity contribution in [3.8, 4) is 0 Å². The van der Waals surface area contributed by atoms with Crippen molar-refractivity contribution in [3.63, 3.8) is 0 Å². The lowest BCUT2D eigenvalue weighted by Gasteiger charge is -1.98. The van der Waals surface area contributed by atoms with Crippen molar-refractivity contribution in [2.45, 2.75) is 6.42 Å². The minimum atomic E-state index is 0.587. The fraction of sp³-hybridized carbons (Fsp3) is 0.182. The molecule has 0 saturated carbocycles. The lowest BCUT2D eigenvalue weighted by molar-refractivity contribution is 0.901. The van der Waals surface area contributed by atoms with E-state index in [1.54, 1.807) is 29.2 Å². The van der Waals surface area contributed by atoms with E-state index in [0.29, 0.717) is 11.0 Å². The molecule has 0 amide bonds. The molecule has 18 heavy (non-hydrogen) atoms. The van der Waals surface area contributed by atoms with Gasteiger partial charge in [-0.25, -0.2) is 9.50 Å². The molecule has 0 aliphatic heterocycles. The molecule has 3 aromatic rings. The minimum Gasteiger partial charge on any atom is -0.352 e. The molecule has 92 valence electrons. The smallest absolute Gasteiger partial charge is 0.243 e. The Bertz CT molecular complexity index is 645. The van der Waals surface area contributed by atoms with Crippen LogP contribution < -0.4 is 5.32 Å². The maximum absolute atomic E-state index is 5.88. The molecule has 2 N–H and O–H groups in total. The van der Waals surface area contributed by atoms with Gasteiger partial charge in [0.25, 0.3) is 0 Å². The van der Waals surface area contributed by atoms with Gasteiger partial charge in [0, 0.05) is 31.6 Å². The summed E-state index contributed by atoms with van der Waals surface area (Å²) in [6, 6.07) is 3.62. The van der Waals surface area contributed by atoms with Gasteiger partial charge in [0.2, 0.25) is 5.95 Å². The molecule has 6 nitrogen and oxygen atoms in total. The van der Waals surface area contributed by atoms with Gasteiger partial charge < -0.3 is 10.3 Å². The van der Waals surface area contributed by atoms with E-state index in [2.05, 4.69) is 25.4 Å². The summed E-state index contributed by atoms with van der Waals surface area (Å²) in [7, 11) is 0. The third-order valence-electron chi connectivity index (χ3n) is 2.49. The van der Waals surface area contributed by atoms with E-state index in [1.807, 2.05) is 6.07 Å². The van der Waals surface area contributed by atoms with Crippen LogP contribution in [0, 0.1) is 0 Å². The number of imidazole rings is 1. The van der Waals surface area contributed by atoms with Crippen molar-refractivity contribution in [2.75, 3.05) is 11.9 Å². The summed E-state index contributed by atoms with van der Waals surface area (Å²) in [5.74, 6) is 1.53. The molecule has 0 saturated heterocycles. The lowest BCUT2D eigenvalue weighted by Crippen LogP contribution is -2.07. The van der Waals surface area contributed by atoms with Crippen LogP contribution in [-0.2, 0) is 6.42 Å². The van der Waals surface area contributed by atoms with E-state index in [-0.39, 0.29) is 0 Å². The van der Waals surface area contributed by atoms with Crippen molar-refractivity contribution < 1.29 is 0 Å². The molecule has 7 heteroatoms. The second-order valence-corrected chi connectivity index (χ2v) is 4.23. The van der Waals surface area contributed by atoms with Gasteiger partial charge in [-0.15, -0.1) is 5.10 Å². The fourth-order valence-corrected chi connectivity index (χ4v) is 1.82. The highest BCUT2D eigenvalue weighted by atomic mass is 35.5. The average molecular weight is 263 g/mol. The van der Waals surface area contributed by atoms with Crippen molar-refractivity contribution in [1.82, 2.24) is 24.6 Å². The summed E-state index contributed by atoms with van der Waals surface area (Å²) < 4.78 is 1.65. The second kappa shape index (κ2) is 4.66. The molecule has 0 aliphatic rings. The predicted molar refractivity (Wildman–Crippen MR) is 68.8 cm³/mol. The van der Waals surface area contributed by atoms with Gasteiger partial charge >= 0.3 is 0 Å². The molecule has 0 bridgehead atoms. The Morgan fingerprint density at radius 1 is 1.39 bits per heavy atom. The summed E-state index contributed by atoms with van der Waals surface area (Å²) in [4.78, 5) is 11.5. The first-order valence-corrected chi connectivity index (χ1v) is 5.93. The standard InChI is InChI=1S/C11H11ClN6/c12-8-1-2-10-16-11(17-18(10)7-8)15-4-3-9-13-5-6-14-9/h1-2,5-7H,3-4H2,(H,13,14)(H,15,17). The quantitative estimate of drug-likeness (QED) is 0.752. The number of pyridine rings is 1. The number of rotatable bonds is 4.